The molecule has 0 nitrogen and oxygen atoms in total. The van der Waals surface area contributed by atoms with Crippen LogP contribution in [0.4, 0.5) is 0 Å². The average molecular weight is 236 g/mol. The zero-order chi connectivity index (χ0) is 13.4. The van der Waals surface area contributed by atoms with Crippen LogP contribution in [0.1, 0.15) is 65.7 Å². The van der Waals surface area contributed by atoms with Gasteiger partial charge in [-0.3, -0.25) is 0 Å². The lowest BCUT2D eigenvalue weighted by atomic mass is 10.0. The van der Waals surface area contributed by atoms with Crippen LogP contribution >= 0.6 is 0 Å². The van der Waals surface area contributed by atoms with Crippen LogP contribution in [0.2, 0.25) is 0 Å². The highest BCUT2D eigenvalue weighted by Crippen LogP contribution is 2.08. The maximum absolute atomic E-state index is 3.72. The van der Waals surface area contributed by atoms with Crippen LogP contribution in [0.3, 0.4) is 0 Å². The molecule has 17 heavy (non-hydrogen) atoms. The Morgan fingerprint density at radius 2 is 1.59 bits per heavy atom. The van der Waals surface area contributed by atoms with Crippen LogP contribution in [-0.4, -0.2) is 0 Å². The molecule has 0 radical (unpaired) electrons. The fourth-order valence-electron chi connectivity index (χ4n) is 1.34. The molecule has 0 aliphatic rings. The second-order valence-electron chi connectivity index (χ2n) is 4.56. The van der Waals surface area contributed by atoms with Crippen LogP contribution in [0.25, 0.3) is 0 Å². The first-order valence-corrected chi connectivity index (χ1v) is 7.09. The van der Waals surface area contributed by atoms with E-state index < -0.39 is 0 Å². The summed E-state index contributed by atoms with van der Waals surface area (Å²) in [5, 5.41) is 0. The van der Waals surface area contributed by atoms with Gasteiger partial charge in [-0.1, -0.05) is 64.3 Å². The Labute approximate surface area is 110 Å². The topological polar surface area (TPSA) is 0 Å². The largest absolute Gasteiger partial charge is 0.103 e. The molecule has 100 valence electrons. The van der Waals surface area contributed by atoms with E-state index >= 15 is 0 Å². The third-order valence-electron chi connectivity index (χ3n) is 2.49. The molecule has 0 saturated carbocycles. The van der Waals surface area contributed by atoms with E-state index in [0.717, 1.165) is 12.3 Å². The van der Waals surface area contributed by atoms with Gasteiger partial charge in [0.1, 0.15) is 0 Å². The Morgan fingerprint density at radius 1 is 0.882 bits per heavy atom. The van der Waals surface area contributed by atoms with E-state index in [1.807, 2.05) is 12.2 Å². The van der Waals surface area contributed by atoms with Gasteiger partial charge in [-0.2, -0.15) is 0 Å². The minimum absolute atomic E-state index is 0.764. The zero-order valence-electron chi connectivity index (χ0n) is 12.3. The quantitative estimate of drug-likeness (QED) is 0.325. The standard InChI is InChI=1S/C11H20.C6H12/c1-4-6-7-8-10-11(3)9-5-2;1-3-5-6-4-2/h5,7-8,11H,2,4,6,9-10H2,1,3H3;3H,1,4-6H2,2H3. The van der Waals surface area contributed by atoms with Crippen LogP contribution in [-0.2, 0) is 0 Å². The minimum atomic E-state index is 0.764. The molecule has 0 aromatic rings. The van der Waals surface area contributed by atoms with Crippen LogP contribution in [0, 0.1) is 5.92 Å². The van der Waals surface area contributed by atoms with Crippen LogP contribution < -0.4 is 0 Å². The molecular formula is C17H32. The molecule has 0 amide bonds. The third-order valence-corrected chi connectivity index (χ3v) is 2.49. The number of hydrogen-bond acceptors (Lipinski definition) is 0. The summed E-state index contributed by atoms with van der Waals surface area (Å²) < 4.78 is 0. The molecule has 0 aromatic heterocycles. The van der Waals surface area contributed by atoms with Gasteiger partial charge in [-0.15, -0.1) is 13.2 Å². The third kappa shape index (κ3) is 21.1. The summed E-state index contributed by atoms with van der Waals surface area (Å²) >= 11 is 0. The lowest BCUT2D eigenvalue weighted by molar-refractivity contribution is 0.602. The van der Waals surface area contributed by atoms with Crippen molar-refractivity contribution in [2.45, 2.75) is 65.7 Å². The van der Waals surface area contributed by atoms with Gasteiger partial charge in [0.25, 0.3) is 0 Å². The maximum atomic E-state index is 3.72. The highest BCUT2D eigenvalue weighted by atomic mass is 14.0. The molecule has 0 N–H and O–H groups in total. The highest BCUT2D eigenvalue weighted by molar-refractivity contribution is 4.84. The van der Waals surface area contributed by atoms with Crippen molar-refractivity contribution in [3.8, 4) is 0 Å². The molecule has 0 fully saturated rings. The summed E-state index contributed by atoms with van der Waals surface area (Å²) in [6.07, 6.45) is 17.1. The molecule has 0 heteroatoms. The summed E-state index contributed by atoms with van der Waals surface area (Å²) in [6.45, 7) is 14.0. The van der Waals surface area contributed by atoms with Crippen molar-refractivity contribution in [1.82, 2.24) is 0 Å². The van der Waals surface area contributed by atoms with Gasteiger partial charge in [0.05, 0.1) is 0 Å². The van der Waals surface area contributed by atoms with E-state index in [-0.39, 0.29) is 0 Å². The van der Waals surface area contributed by atoms with E-state index in [4.69, 9.17) is 0 Å². The van der Waals surface area contributed by atoms with Crippen molar-refractivity contribution in [2.24, 2.45) is 5.92 Å². The number of rotatable bonds is 9. The van der Waals surface area contributed by atoms with Gasteiger partial charge in [-0.05, 0) is 31.6 Å². The normalized spacial score (nSPS) is 11.7. The molecule has 0 aliphatic heterocycles. The van der Waals surface area contributed by atoms with Crippen molar-refractivity contribution >= 4 is 0 Å². The van der Waals surface area contributed by atoms with Crippen molar-refractivity contribution in [3.05, 3.63) is 37.5 Å². The first-order valence-electron chi connectivity index (χ1n) is 7.09. The highest BCUT2D eigenvalue weighted by Gasteiger charge is 1.93. The molecule has 0 bridgehead atoms. The Kier molecular flexibility index (Phi) is 19.2. The van der Waals surface area contributed by atoms with E-state index in [9.17, 15) is 0 Å². The average Bonchev–Trinajstić information content (AvgIpc) is 2.33. The maximum Gasteiger partial charge on any atom is -0.0322 e. The molecule has 0 aliphatic carbocycles. The molecule has 0 aromatic carbocycles. The summed E-state index contributed by atoms with van der Waals surface area (Å²) in [5.74, 6) is 0.764. The summed E-state index contributed by atoms with van der Waals surface area (Å²) in [6, 6.07) is 0. The molecule has 0 rings (SSSR count). The predicted molar refractivity (Wildman–Crippen MR) is 82.4 cm³/mol. The second-order valence-corrected chi connectivity index (χ2v) is 4.56. The number of unbranched alkanes of at least 4 members (excludes halogenated alkanes) is 3. The van der Waals surface area contributed by atoms with E-state index in [1.54, 1.807) is 0 Å². The number of hydrogen-bond donors (Lipinski definition) is 0. The Balaban J connectivity index is 0. The van der Waals surface area contributed by atoms with Gasteiger partial charge in [0.15, 0.2) is 0 Å². The summed E-state index contributed by atoms with van der Waals surface area (Å²) in [7, 11) is 0. The van der Waals surface area contributed by atoms with Gasteiger partial charge in [0.2, 0.25) is 0 Å². The van der Waals surface area contributed by atoms with Gasteiger partial charge < -0.3 is 0 Å². The molecule has 1 unspecified atom stereocenters. The van der Waals surface area contributed by atoms with E-state index in [1.165, 1.54) is 38.5 Å². The number of allylic oxidation sites excluding steroid dienone is 4. The fraction of sp³-hybridized carbons (Fsp3) is 0.647. The first-order chi connectivity index (χ1) is 8.22. The predicted octanol–water partition coefficient (Wildman–Crippen LogP) is 6.31. The van der Waals surface area contributed by atoms with E-state index in [2.05, 4.69) is 46.1 Å². The van der Waals surface area contributed by atoms with Crippen LogP contribution in [0.5, 0.6) is 0 Å². The lowest BCUT2D eigenvalue weighted by Gasteiger charge is -2.02. The molecule has 0 spiro atoms. The van der Waals surface area contributed by atoms with Crippen LogP contribution in [0.15, 0.2) is 37.5 Å². The zero-order valence-corrected chi connectivity index (χ0v) is 12.3. The molecule has 0 heterocycles. The van der Waals surface area contributed by atoms with Gasteiger partial charge in [-0.25, -0.2) is 0 Å². The fourth-order valence-corrected chi connectivity index (χ4v) is 1.34. The van der Waals surface area contributed by atoms with Gasteiger partial charge >= 0.3 is 0 Å². The minimum Gasteiger partial charge on any atom is -0.103 e. The smallest absolute Gasteiger partial charge is 0.0322 e. The lowest BCUT2D eigenvalue weighted by Crippen LogP contribution is -1.88. The second kappa shape index (κ2) is 17.6. The summed E-state index contributed by atoms with van der Waals surface area (Å²) in [5.41, 5.74) is 0. The Bertz CT molecular complexity index is 176. The van der Waals surface area contributed by atoms with Crippen molar-refractivity contribution < 1.29 is 0 Å². The molecule has 1 atom stereocenters. The van der Waals surface area contributed by atoms with Crippen molar-refractivity contribution in [1.29, 1.82) is 0 Å². The monoisotopic (exact) mass is 236 g/mol. The SMILES string of the molecule is C=CCC(C)CC=CCCC.C=CCCCC. The van der Waals surface area contributed by atoms with Crippen molar-refractivity contribution in [3.63, 3.8) is 0 Å². The Hall–Kier alpha value is -0.780. The van der Waals surface area contributed by atoms with Crippen molar-refractivity contribution in [2.75, 3.05) is 0 Å². The molecular weight excluding hydrogens is 204 g/mol. The molecule has 0 saturated heterocycles. The first kappa shape index (κ1) is 18.6. The van der Waals surface area contributed by atoms with Gasteiger partial charge in [0, 0.05) is 0 Å². The summed E-state index contributed by atoms with van der Waals surface area (Å²) in [4.78, 5) is 0. The van der Waals surface area contributed by atoms with E-state index in [0.29, 0.717) is 0 Å². The Morgan fingerprint density at radius 3 is 2.00 bits per heavy atom.